The Morgan fingerprint density at radius 1 is 1.53 bits per heavy atom. The molecule has 4 nitrogen and oxygen atoms in total. The summed E-state index contributed by atoms with van der Waals surface area (Å²) in [4.78, 5) is 11.2. The van der Waals surface area contributed by atoms with Gasteiger partial charge in [-0.2, -0.15) is 0 Å². The van der Waals surface area contributed by atoms with Gasteiger partial charge in [-0.3, -0.25) is 9.00 Å². The molecule has 0 radical (unpaired) electrons. The monoisotopic (exact) mass is 254 g/mol. The van der Waals surface area contributed by atoms with Crippen molar-refractivity contribution in [3.63, 3.8) is 0 Å². The number of hydrogen-bond acceptors (Lipinski definition) is 4. The number of anilines is 2. The molecule has 0 heterocycles. The molecule has 3 N–H and O–H groups in total. The van der Waals surface area contributed by atoms with Crippen molar-refractivity contribution in [3.8, 4) is 0 Å². The number of rotatable bonds is 5. The third kappa shape index (κ3) is 3.85. The molecule has 0 aliphatic rings. The molecule has 1 aromatic rings. The first kappa shape index (κ1) is 13.7. The Hall–Kier alpha value is -1.36. The first-order valence-electron chi connectivity index (χ1n) is 5.38. The zero-order valence-electron chi connectivity index (χ0n) is 10.3. The van der Waals surface area contributed by atoms with E-state index in [4.69, 9.17) is 5.73 Å². The molecule has 0 aromatic heterocycles. The number of nitrogens with two attached hydrogens (primary N) is 1. The lowest BCUT2D eigenvalue weighted by atomic mass is 10.1. The fraction of sp³-hybridized carbons (Fsp3) is 0.417. The second kappa shape index (κ2) is 5.82. The van der Waals surface area contributed by atoms with E-state index in [0.29, 0.717) is 17.8 Å². The Kier molecular flexibility index (Phi) is 4.69. The zero-order valence-corrected chi connectivity index (χ0v) is 11.1. The Morgan fingerprint density at radius 3 is 2.65 bits per heavy atom. The number of carbonyl (C=O) groups is 1. The second-order valence-corrected chi connectivity index (χ2v) is 5.85. The highest BCUT2D eigenvalue weighted by atomic mass is 32.2. The number of benzene rings is 1. The van der Waals surface area contributed by atoms with Crippen LogP contribution in [0, 0.1) is 0 Å². The predicted octanol–water partition coefficient (Wildman–Crippen LogP) is 1.65. The number of hydrogen-bond donors (Lipinski definition) is 2. The molecular formula is C12H18N2O2S. The van der Waals surface area contributed by atoms with Gasteiger partial charge in [0.1, 0.15) is 0 Å². The van der Waals surface area contributed by atoms with Crippen LogP contribution in [0.2, 0.25) is 0 Å². The molecule has 5 heteroatoms. The summed E-state index contributed by atoms with van der Waals surface area (Å²) in [5.41, 5.74) is 7.60. The van der Waals surface area contributed by atoms with Crippen LogP contribution in [0.5, 0.6) is 0 Å². The highest BCUT2D eigenvalue weighted by molar-refractivity contribution is 7.84. The van der Waals surface area contributed by atoms with Crippen molar-refractivity contribution in [2.75, 3.05) is 23.9 Å². The van der Waals surface area contributed by atoms with E-state index >= 15 is 0 Å². The van der Waals surface area contributed by atoms with Gasteiger partial charge < -0.3 is 11.1 Å². The van der Waals surface area contributed by atoms with Crippen molar-refractivity contribution >= 4 is 28.0 Å². The molecule has 0 spiro atoms. The predicted molar refractivity (Wildman–Crippen MR) is 72.9 cm³/mol. The van der Waals surface area contributed by atoms with E-state index in [1.54, 1.807) is 24.5 Å². The zero-order chi connectivity index (χ0) is 13.0. The van der Waals surface area contributed by atoms with Crippen molar-refractivity contribution in [1.29, 1.82) is 0 Å². The van der Waals surface area contributed by atoms with Gasteiger partial charge in [0.15, 0.2) is 5.78 Å². The first-order valence-corrected chi connectivity index (χ1v) is 7.00. The van der Waals surface area contributed by atoms with E-state index in [-0.39, 0.29) is 11.0 Å². The van der Waals surface area contributed by atoms with Gasteiger partial charge in [0.2, 0.25) is 0 Å². The first-order chi connectivity index (χ1) is 7.91. The Bertz CT molecular complexity index is 446. The topological polar surface area (TPSA) is 72.2 Å². The molecule has 1 aromatic carbocycles. The number of nitrogen functional groups attached to an aromatic ring is 1. The molecule has 0 aliphatic heterocycles. The molecule has 0 amide bonds. The van der Waals surface area contributed by atoms with Gasteiger partial charge in [0.05, 0.1) is 0 Å². The van der Waals surface area contributed by atoms with Crippen LogP contribution in [0.4, 0.5) is 11.4 Å². The van der Waals surface area contributed by atoms with Gasteiger partial charge in [0, 0.05) is 45.8 Å². The van der Waals surface area contributed by atoms with E-state index in [9.17, 15) is 9.00 Å². The number of carbonyl (C=O) groups excluding carboxylic acids is 1. The van der Waals surface area contributed by atoms with Crippen LogP contribution in [-0.4, -0.2) is 28.0 Å². The average Bonchev–Trinajstić information content (AvgIpc) is 2.25. The number of ketones is 1. The third-order valence-electron chi connectivity index (χ3n) is 2.59. The summed E-state index contributed by atoms with van der Waals surface area (Å²) < 4.78 is 11.2. The molecule has 94 valence electrons. The molecule has 0 bridgehead atoms. The molecule has 0 saturated carbocycles. The number of nitrogens with one attached hydrogen (secondary N) is 1. The quantitative estimate of drug-likeness (QED) is 0.619. The molecule has 0 saturated heterocycles. The van der Waals surface area contributed by atoms with Crippen LogP contribution < -0.4 is 11.1 Å². The van der Waals surface area contributed by atoms with Gasteiger partial charge in [0.25, 0.3) is 0 Å². The smallest absolute Gasteiger partial charge is 0.161 e. The number of Topliss-reactive ketones (excluding diaryl/α,β-unsaturated/α-hetero) is 1. The minimum absolute atomic E-state index is 0.0444. The summed E-state index contributed by atoms with van der Waals surface area (Å²) in [6, 6.07) is 5.23. The van der Waals surface area contributed by atoms with Crippen LogP contribution in [0.3, 0.4) is 0 Å². The fourth-order valence-corrected chi connectivity index (χ4v) is 1.69. The van der Waals surface area contributed by atoms with Gasteiger partial charge in [-0.25, -0.2) is 0 Å². The fourth-order valence-electron chi connectivity index (χ4n) is 1.37. The lowest BCUT2D eigenvalue weighted by Gasteiger charge is -2.12. The van der Waals surface area contributed by atoms with Crippen LogP contribution >= 0.6 is 0 Å². The van der Waals surface area contributed by atoms with Crippen molar-refractivity contribution in [1.82, 2.24) is 0 Å². The molecular weight excluding hydrogens is 236 g/mol. The molecule has 2 unspecified atom stereocenters. The van der Waals surface area contributed by atoms with Gasteiger partial charge in [-0.1, -0.05) is 0 Å². The standard InChI is InChI=1S/C12H18N2O2S/c1-8(17(3)16)7-14-10-4-5-11(9(2)15)12(13)6-10/h4-6,8,14H,7,13H2,1-3H3. The maximum absolute atomic E-state index is 11.2. The minimum atomic E-state index is -0.849. The summed E-state index contributed by atoms with van der Waals surface area (Å²) in [5, 5.41) is 3.22. The largest absolute Gasteiger partial charge is 0.398 e. The molecule has 1 rings (SSSR count). The van der Waals surface area contributed by atoms with Crippen LogP contribution in [0.1, 0.15) is 24.2 Å². The van der Waals surface area contributed by atoms with Gasteiger partial charge in [-0.05, 0) is 32.0 Å². The van der Waals surface area contributed by atoms with Crippen molar-refractivity contribution in [3.05, 3.63) is 23.8 Å². The van der Waals surface area contributed by atoms with Crippen molar-refractivity contribution in [2.45, 2.75) is 19.1 Å². The van der Waals surface area contributed by atoms with Crippen LogP contribution in [0.15, 0.2) is 18.2 Å². The van der Waals surface area contributed by atoms with Crippen LogP contribution in [-0.2, 0) is 10.8 Å². The summed E-state index contributed by atoms with van der Waals surface area (Å²) >= 11 is 0. The molecule has 2 atom stereocenters. The normalized spacial score (nSPS) is 14.1. The molecule has 0 aliphatic carbocycles. The van der Waals surface area contributed by atoms with E-state index in [1.807, 2.05) is 6.92 Å². The average molecular weight is 254 g/mol. The summed E-state index contributed by atoms with van der Waals surface area (Å²) in [5.74, 6) is -0.0444. The van der Waals surface area contributed by atoms with E-state index in [0.717, 1.165) is 5.69 Å². The van der Waals surface area contributed by atoms with Gasteiger partial charge in [-0.15, -0.1) is 0 Å². The van der Waals surface area contributed by atoms with Crippen LogP contribution in [0.25, 0.3) is 0 Å². The Labute approximate surface area is 104 Å². The van der Waals surface area contributed by atoms with Gasteiger partial charge >= 0.3 is 0 Å². The third-order valence-corrected chi connectivity index (χ3v) is 3.89. The lowest BCUT2D eigenvalue weighted by molar-refractivity contribution is 0.101. The SMILES string of the molecule is CC(=O)c1ccc(NCC(C)S(C)=O)cc1N. The van der Waals surface area contributed by atoms with E-state index < -0.39 is 10.8 Å². The molecule has 0 fully saturated rings. The summed E-state index contributed by atoms with van der Waals surface area (Å²) in [7, 11) is -0.849. The Morgan fingerprint density at radius 2 is 2.18 bits per heavy atom. The summed E-state index contributed by atoms with van der Waals surface area (Å²) in [6.07, 6.45) is 1.68. The maximum atomic E-state index is 11.2. The maximum Gasteiger partial charge on any atom is 0.161 e. The molecule has 17 heavy (non-hydrogen) atoms. The summed E-state index contributed by atoms with van der Waals surface area (Å²) in [6.45, 7) is 4.01. The van der Waals surface area contributed by atoms with E-state index in [1.165, 1.54) is 6.92 Å². The van der Waals surface area contributed by atoms with Crippen molar-refractivity contribution in [2.24, 2.45) is 0 Å². The highest BCUT2D eigenvalue weighted by Gasteiger charge is 2.08. The minimum Gasteiger partial charge on any atom is -0.398 e. The highest BCUT2D eigenvalue weighted by Crippen LogP contribution is 2.18. The van der Waals surface area contributed by atoms with E-state index in [2.05, 4.69) is 5.32 Å². The lowest BCUT2D eigenvalue weighted by Crippen LogP contribution is -2.20. The second-order valence-electron chi connectivity index (χ2n) is 4.05. The van der Waals surface area contributed by atoms with Crippen molar-refractivity contribution < 1.29 is 9.00 Å². The Balaban J connectivity index is 2.71.